The van der Waals surface area contributed by atoms with Gasteiger partial charge in [-0.3, -0.25) is 4.68 Å². The number of rotatable bonds is 5. The Labute approximate surface area is 108 Å². The second-order valence-electron chi connectivity index (χ2n) is 4.80. The lowest BCUT2D eigenvalue weighted by Crippen LogP contribution is -2.33. The van der Waals surface area contributed by atoms with Gasteiger partial charge in [0.15, 0.2) is 0 Å². The van der Waals surface area contributed by atoms with Crippen LogP contribution in [0.1, 0.15) is 37.6 Å². The van der Waals surface area contributed by atoms with Crippen molar-refractivity contribution in [3.05, 3.63) is 17.5 Å². The van der Waals surface area contributed by atoms with Crippen LogP contribution in [0.3, 0.4) is 0 Å². The zero-order chi connectivity index (χ0) is 12.3. The summed E-state index contributed by atoms with van der Waals surface area (Å²) >= 11 is 2.00. The maximum Gasteiger partial charge on any atom is 0.0625 e. The molecule has 2 unspecified atom stereocenters. The molecule has 0 amide bonds. The lowest BCUT2D eigenvalue weighted by Gasteiger charge is -2.19. The Balaban J connectivity index is 1.90. The molecule has 1 saturated carbocycles. The molecule has 2 atom stereocenters. The van der Waals surface area contributed by atoms with Gasteiger partial charge in [0.2, 0.25) is 0 Å². The molecule has 0 spiro atoms. The van der Waals surface area contributed by atoms with Gasteiger partial charge in [-0.1, -0.05) is 13.3 Å². The van der Waals surface area contributed by atoms with E-state index in [9.17, 15) is 0 Å². The van der Waals surface area contributed by atoms with Crippen LogP contribution in [0.2, 0.25) is 0 Å². The lowest BCUT2D eigenvalue weighted by molar-refractivity contribution is 0.514. The van der Waals surface area contributed by atoms with E-state index < -0.39 is 0 Å². The van der Waals surface area contributed by atoms with Crippen molar-refractivity contribution in [3.63, 3.8) is 0 Å². The van der Waals surface area contributed by atoms with Crippen LogP contribution < -0.4 is 5.32 Å². The summed E-state index contributed by atoms with van der Waals surface area (Å²) in [6.45, 7) is 3.10. The fraction of sp³-hybridized carbons (Fsp3) is 0.769. The molecule has 1 aliphatic rings. The molecule has 4 heteroatoms. The van der Waals surface area contributed by atoms with E-state index in [0.29, 0.717) is 6.04 Å². The highest BCUT2D eigenvalue weighted by atomic mass is 32.2. The standard InChI is InChI=1S/C13H23N3S/c1-4-10-8-11(16(2)15-10)9-14-12-6-5-7-13(12)17-3/h8,12-14H,4-7,9H2,1-3H3. The van der Waals surface area contributed by atoms with E-state index >= 15 is 0 Å². The zero-order valence-corrected chi connectivity index (χ0v) is 11.9. The third kappa shape index (κ3) is 3.05. The van der Waals surface area contributed by atoms with Gasteiger partial charge in [0, 0.05) is 24.9 Å². The predicted octanol–water partition coefficient (Wildman–Crippen LogP) is 2.36. The summed E-state index contributed by atoms with van der Waals surface area (Å²) in [5, 5.41) is 8.98. The quantitative estimate of drug-likeness (QED) is 0.873. The minimum atomic E-state index is 0.685. The van der Waals surface area contributed by atoms with Crippen molar-refractivity contribution in [3.8, 4) is 0 Å². The molecule has 0 aromatic carbocycles. The molecule has 96 valence electrons. The molecule has 17 heavy (non-hydrogen) atoms. The highest BCUT2D eigenvalue weighted by Crippen LogP contribution is 2.28. The second kappa shape index (κ2) is 5.91. The third-order valence-corrected chi connectivity index (χ3v) is 4.86. The first kappa shape index (κ1) is 13.0. The van der Waals surface area contributed by atoms with Gasteiger partial charge in [-0.2, -0.15) is 16.9 Å². The van der Waals surface area contributed by atoms with Gasteiger partial charge in [-0.05, 0) is 31.6 Å². The Bertz CT molecular complexity index is 362. The molecule has 0 bridgehead atoms. The Morgan fingerprint density at radius 1 is 1.53 bits per heavy atom. The lowest BCUT2D eigenvalue weighted by atomic mass is 10.2. The molecule has 0 saturated heterocycles. The zero-order valence-electron chi connectivity index (χ0n) is 11.1. The van der Waals surface area contributed by atoms with Crippen LogP contribution >= 0.6 is 11.8 Å². The number of thioether (sulfide) groups is 1. The van der Waals surface area contributed by atoms with Crippen LogP contribution in [0.15, 0.2) is 6.07 Å². The average Bonchev–Trinajstić information content (AvgIpc) is 2.92. The highest BCUT2D eigenvalue weighted by molar-refractivity contribution is 7.99. The fourth-order valence-electron chi connectivity index (χ4n) is 2.59. The second-order valence-corrected chi connectivity index (χ2v) is 5.87. The molecule has 1 heterocycles. The topological polar surface area (TPSA) is 29.9 Å². The van der Waals surface area contributed by atoms with Gasteiger partial charge in [0.1, 0.15) is 0 Å². The molecule has 1 aromatic rings. The summed E-state index contributed by atoms with van der Waals surface area (Å²) in [5.74, 6) is 0. The first-order chi connectivity index (χ1) is 8.24. The summed E-state index contributed by atoms with van der Waals surface area (Å²) < 4.78 is 2.01. The minimum Gasteiger partial charge on any atom is -0.307 e. The Hall–Kier alpha value is -0.480. The van der Waals surface area contributed by atoms with Crippen molar-refractivity contribution in [2.75, 3.05) is 6.26 Å². The van der Waals surface area contributed by atoms with Crippen LogP contribution in [-0.4, -0.2) is 27.3 Å². The SMILES string of the molecule is CCc1cc(CNC2CCCC2SC)n(C)n1. The Morgan fingerprint density at radius 3 is 3.00 bits per heavy atom. The normalized spacial score (nSPS) is 24.4. The summed E-state index contributed by atoms with van der Waals surface area (Å²) in [6.07, 6.45) is 7.30. The molecule has 1 aromatic heterocycles. The van der Waals surface area contributed by atoms with Crippen LogP contribution in [0.25, 0.3) is 0 Å². The van der Waals surface area contributed by atoms with Gasteiger partial charge in [0.25, 0.3) is 0 Å². The maximum absolute atomic E-state index is 4.48. The monoisotopic (exact) mass is 253 g/mol. The molecular weight excluding hydrogens is 230 g/mol. The molecule has 2 rings (SSSR count). The number of nitrogens with one attached hydrogen (secondary N) is 1. The molecule has 0 aliphatic heterocycles. The number of hydrogen-bond acceptors (Lipinski definition) is 3. The van der Waals surface area contributed by atoms with E-state index in [0.717, 1.165) is 18.2 Å². The number of aromatic nitrogens is 2. The van der Waals surface area contributed by atoms with E-state index in [1.165, 1.54) is 30.7 Å². The number of aryl methyl sites for hydroxylation is 2. The van der Waals surface area contributed by atoms with Crippen molar-refractivity contribution in [1.82, 2.24) is 15.1 Å². The molecule has 3 nitrogen and oxygen atoms in total. The van der Waals surface area contributed by atoms with E-state index in [1.807, 2.05) is 23.5 Å². The average molecular weight is 253 g/mol. The Kier molecular flexibility index (Phi) is 4.51. The number of hydrogen-bond donors (Lipinski definition) is 1. The van der Waals surface area contributed by atoms with Gasteiger partial charge < -0.3 is 5.32 Å². The summed E-state index contributed by atoms with van der Waals surface area (Å²) in [5.41, 5.74) is 2.49. The van der Waals surface area contributed by atoms with E-state index in [4.69, 9.17) is 0 Å². The first-order valence-electron chi connectivity index (χ1n) is 6.52. The van der Waals surface area contributed by atoms with Crippen LogP contribution in [0, 0.1) is 0 Å². The van der Waals surface area contributed by atoms with Crippen LogP contribution in [0.4, 0.5) is 0 Å². The fourth-order valence-corrected chi connectivity index (χ4v) is 3.55. The summed E-state index contributed by atoms with van der Waals surface area (Å²) in [7, 11) is 2.04. The van der Waals surface area contributed by atoms with Gasteiger partial charge in [0.05, 0.1) is 11.4 Å². The van der Waals surface area contributed by atoms with Crippen LogP contribution in [0.5, 0.6) is 0 Å². The van der Waals surface area contributed by atoms with Crippen molar-refractivity contribution in [2.45, 2.75) is 50.4 Å². The van der Waals surface area contributed by atoms with Gasteiger partial charge >= 0.3 is 0 Å². The molecule has 1 fully saturated rings. The largest absolute Gasteiger partial charge is 0.307 e. The minimum absolute atomic E-state index is 0.685. The smallest absolute Gasteiger partial charge is 0.0625 e. The maximum atomic E-state index is 4.48. The van der Waals surface area contributed by atoms with Gasteiger partial charge in [-0.25, -0.2) is 0 Å². The third-order valence-electron chi connectivity index (χ3n) is 3.69. The first-order valence-corrected chi connectivity index (χ1v) is 7.81. The predicted molar refractivity (Wildman–Crippen MR) is 74.4 cm³/mol. The van der Waals surface area contributed by atoms with Gasteiger partial charge in [-0.15, -0.1) is 0 Å². The highest BCUT2D eigenvalue weighted by Gasteiger charge is 2.25. The van der Waals surface area contributed by atoms with Crippen molar-refractivity contribution in [2.24, 2.45) is 7.05 Å². The molecule has 0 radical (unpaired) electrons. The van der Waals surface area contributed by atoms with E-state index in [1.54, 1.807) is 0 Å². The van der Waals surface area contributed by atoms with Crippen molar-refractivity contribution in [1.29, 1.82) is 0 Å². The van der Waals surface area contributed by atoms with E-state index in [2.05, 4.69) is 29.7 Å². The summed E-state index contributed by atoms with van der Waals surface area (Å²) in [4.78, 5) is 0. The summed E-state index contributed by atoms with van der Waals surface area (Å²) in [6, 6.07) is 2.90. The molecule has 1 aliphatic carbocycles. The Morgan fingerprint density at radius 2 is 2.35 bits per heavy atom. The van der Waals surface area contributed by atoms with Crippen LogP contribution in [-0.2, 0) is 20.0 Å². The number of nitrogens with zero attached hydrogens (tertiary/aromatic N) is 2. The van der Waals surface area contributed by atoms with E-state index in [-0.39, 0.29) is 0 Å². The molecule has 1 N–H and O–H groups in total. The van der Waals surface area contributed by atoms with Crippen molar-refractivity contribution < 1.29 is 0 Å². The molecular formula is C13H23N3S. The van der Waals surface area contributed by atoms with Crippen molar-refractivity contribution >= 4 is 11.8 Å².